The molecule has 4 amide bonds. The number of carbonyl (C=O) groups is 4. The number of fused-ring (bicyclic) bond motifs is 1. The molecule has 154 valence electrons. The first-order valence-corrected chi connectivity index (χ1v) is 10.8. The van der Waals surface area contributed by atoms with E-state index in [1.807, 2.05) is 0 Å². The molecule has 4 rings (SSSR count). The zero-order valence-electron chi connectivity index (χ0n) is 15.6. The van der Waals surface area contributed by atoms with Gasteiger partial charge in [0.25, 0.3) is 11.8 Å². The summed E-state index contributed by atoms with van der Waals surface area (Å²) >= 11 is 0. The van der Waals surface area contributed by atoms with Gasteiger partial charge in [-0.3, -0.25) is 34.1 Å². The van der Waals surface area contributed by atoms with Crippen molar-refractivity contribution in [2.45, 2.75) is 24.6 Å². The normalized spacial score (nSPS) is 18.9. The molecule has 2 aromatic rings. The second-order valence-electron chi connectivity index (χ2n) is 7.05. The van der Waals surface area contributed by atoms with E-state index in [9.17, 15) is 27.6 Å². The number of rotatable bonds is 5. The predicted molar refractivity (Wildman–Crippen MR) is 106 cm³/mol. The average Bonchev–Trinajstić information content (AvgIpc) is 2.92. The van der Waals surface area contributed by atoms with Gasteiger partial charge < -0.3 is 0 Å². The van der Waals surface area contributed by atoms with Gasteiger partial charge in [0.1, 0.15) is 6.04 Å². The molecule has 2 N–H and O–H groups in total. The van der Waals surface area contributed by atoms with Crippen LogP contribution in [0.15, 0.2) is 48.5 Å². The minimum Gasteiger partial charge on any atom is -0.295 e. The summed E-state index contributed by atoms with van der Waals surface area (Å²) in [5, 5.41) is 2.12. The van der Waals surface area contributed by atoms with Gasteiger partial charge in [0, 0.05) is 12.1 Å². The first-order valence-electron chi connectivity index (χ1n) is 9.15. The zero-order chi connectivity index (χ0) is 21.5. The lowest BCUT2D eigenvalue weighted by Gasteiger charge is -2.27. The number of imide groups is 2. The van der Waals surface area contributed by atoms with E-state index in [1.54, 1.807) is 30.3 Å². The van der Waals surface area contributed by atoms with Crippen LogP contribution in [0.1, 0.15) is 39.1 Å². The van der Waals surface area contributed by atoms with Gasteiger partial charge in [-0.15, -0.1) is 0 Å². The fourth-order valence-corrected chi connectivity index (χ4v) is 4.73. The van der Waals surface area contributed by atoms with Gasteiger partial charge in [0.15, 0.2) is 0 Å². The molecule has 0 aromatic heterocycles. The number of nitrogens with one attached hydrogen (secondary N) is 2. The summed E-state index contributed by atoms with van der Waals surface area (Å²) in [5.41, 5.74) is 0.817. The highest BCUT2D eigenvalue weighted by molar-refractivity contribution is 7.91. The fourth-order valence-electron chi connectivity index (χ4n) is 3.54. The van der Waals surface area contributed by atoms with Crippen LogP contribution in [0.3, 0.4) is 0 Å². The van der Waals surface area contributed by atoms with Crippen LogP contribution in [0.5, 0.6) is 0 Å². The molecule has 1 atom stereocenters. The van der Waals surface area contributed by atoms with E-state index in [0.717, 1.165) is 4.90 Å². The number of hydrogen-bond acceptors (Lipinski definition) is 6. The Morgan fingerprint density at radius 3 is 2.37 bits per heavy atom. The van der Waals surface area contributed by atoms with Crippen LogP contribution < -0.4 is 10.0 Å². The Kier molecular flexibility index (Phi) is 4.86. The SMILES string of the molecule is O=C1CCC(N2C(=O)c3ccc(NS(=O)(=O)Cc4ccccc4)cc3C2=O)C(=O)N1. The summed E-state index contributed by atoms with van der Waals surface area (Å²) < 4.78 is 27.3. The van der Waals surface area contributed by atoms with E-state index < -0.39 is 39.7 Å². The first kappa shape index (κ1) is 19.8. The zero-order valence-corrected chi connectivity index (χ0v) is 16.4. The summed E-state index contributed by atoms with van der Waals surface area (Å²) in [5.74, 6) is -2.76. The molecular weight excluding hydrogens is 410 g/mol. The van der Waals surface area contributed by atoms with Crippen LogP contribution in [-0.4, -0.2) is 43.0 Å². The van der Waals surface area contributed by atoms with Crippen LogP contribution in [0, 0.1) is 0 Å². The molecule has 30 heavy (non-hydrogen) atoms. The third-order valence-corrected chi connectivity index (χ3v) is 6.17. The minimum atomic E-state index is -3.75. The lowest BCUT2D eigenvalue weighted by molar-refractivity contribution is -0.136. The molecule has 1 saturated heterocycles. The third-order valence-electron chi connectivity index (χ3n) is 4.91. The lowest BCUT2D eigenvalue weighted by Crippen LogP contribution is -2.54. The largest absolute Gasteiger partial charge is 0.295 e. The molecule has 0 radical (unpaired) electrons. The van der Waals surface area contributed by atoms with Gasteiger partial charge in [0.05, 0.1) is 16.9 Å². The summed E-state index contributed by atoms with van der Waals surface area (Å²) in [7, 11) is -3.75. The maximum Gasteiger partial charge on any atom is 0.262 e. The van der Waals surface area contributed by atoms with Crippen molar-refractivity contribution >= 4 is 39.3 Å². The molecule has 2 aliphatic heterocycles. The highest BCUT2D eigenvalue weighted by atomic mass is 32.2. The molecule has 10 heteroatoms. The quantitative estimate of drug-likeness (QED) is 0.686. The molecule has 1 unspecified atom stereocenters. The number of carbonyl (C=O) groups excluding carboxylic acids is 4. The number of nitrogens with zero attached hydrogens (tertiary/aromatic N) is 1. The standard InChI is InChI=1S/C20H17N3O6S/c24-17-9-8-16(18(25)21-17)23-19(26)14-7-6-13(10-15(14)20(23)27)22-30(28,29)11-12-4-2-1-3-5-12/h1-7,10,16,22H,8-9,11H2,(H,21,24,25). The Balaban J connectivity index is 1.56. The van der Waals surface area contributed by atoms with Gasteiger partial charge in [0.2, 0.25) is 21.8 Å². The van der Waals surface area contributed by atoms with Gasteiger partial charge in [-0.2, -0.15) is 0 Å². The van der Waals surface area contributed by atoms with E-state index in [0.29, 0.717) is 5.56 Å². The lowest BCUT2D eigenvalue weighted by atomic mass is 10.0. The third kappa shape index (κ3) is 3.69. The number of amides is 4. The van der Waals surface area contributed by atoms with Crippen molar-refractivity contribution in [1.29, 1.82) is 0 Å². The highest BCUT2D eigenvalue weighted by Crippen LogP contribution is 2.30. The van der Waals surface area contributed by atoms with Crippen molar-refractivity contribution < 1.29 is 27.6 Å². The number of sulfonamides is 1. The van der Waals surface area contributed by atoms with Crippen LogP contribution in [-0.2, 0) is 25.4 Å². The Labute approximate surface area is 172 Å². The first-order chi connectivity index (χ1) is 14.2. The molecule has 0 spiro atoms. The number of hydrogen-bond donors (Lipinski definition) is 2. The topological polar surface area (TPSA) is 130 Å². The summed E-state index contributed by atoms with van der Waals surface area (Å²) in [6.45, 7) is 0. The minimum absolute atomic E-state index is 0.00427. The molecule has 2 aliphatic rings. The average molecular weight is 427 g/mol. The molecule has 0 bridgehead atoms. The van der Waals surface area contributed by atoms with Crippen LogP contribution in [0.2, 0.25) is 0 Å². The number of anilines is 1. The molecule has 2 aromatic carbocycles. The van der Waals surface area contributed by atoms with Gasteiger partial charge in [-0.1, -0.05) is 30.3 Å². The van der Waals surface area contributed by atoms with E-state index >= 15 is 0 Å². The van der Waals surface area contributed by atoms with E-state index in [1.165, 1.54) is 18.2 Å². The van der Waals surface area contributed by atoms with E-state index in [4.69, 9.17) is 0 Å². The van der Waals surface area contributed by atoms with Crippen molar-refractivity contribution in [2.24, 2.45) is 0 Å². The highest BCUT2D eigenvalue weighted by Gasteiger charge is 2.44. The summed E-state index contributed by atoms with van der Waals surface area (Å²) in [6, 6.07) is 11.5. The van der Waals surface area contributed by atoms with Gasteiger partial charge in [-0.05, 0) is 30.2 Å². The number of piperidine rings is 1. The fraction of sp³-hybridized carbons (Fsp3) is 0.200. The molecule has 1 fully saturated rings. The van der Waals surface area contributed by atoms with Crippen molar-refractivity contribution in [2.75, 3.05) is 4.72 Å². The molecule has 0 saturated carbocycles. The predicted octanol–water partition coefficient (Wildman–Crippen LogP) is 1.03. The monoisotopic (exact) mass is 427 g/mol. The second-order valence-corrected chi connectivity index (χ2v) is 8.78. The molecule has 9 nitrogen and oxygen atoms in total. The Morgan fingerprint density at radius 2 is 1.67 bits per heavy atom. The van der Waals surface area contributed by atoms with Crippen LogP contribution in [0.4, 0.5) is 5.69 Å². The van der Waals surface area contributed by atoms with Crippen LogP contribution in [0.25, 0.3) is 0 Å². The van der Waals surface area contributed by atoms with Crippen molar-refractivity contribution in [1.82, 2.24) is 10.2 Å². The Bertz CT molecular complexity index is 1180. The second kappa shape index (κ2) is 7.38. The van der Waals surface area contributed by atoms with E-state index in [2.05, 4.69) is 10.0 Å². The number of benzene rings is 2. The summed E-state index contributed by atoms with van der Waals surface area (Å²) in [6.07, 6.45) is 0.0705. The van der Waals surface area contributed by atoms with Crippen molar-refractivity contribution in [3.8, 4) is 0 Å². The van der Waals surface area contributed by atoms with Crippen molar-refractivity contribution in [3.05, 3.63) is 65.2 Å². The van der Waals surface area contributed by atoms with Crippen molar-refractivity contribution in [3.63, 3.8) is 0 Å². The summed E-state index contributed by atoms with van der Waals surface area (Å²) in [4.78, 5) is 49.7. The molecule has 0 aliphatic carbocycles. The maximum absolute atomic E-state index is 12.8. The molecular formula is C20H17N3O6S. The Hall–Kier alpha value is -3.53. The van der Waals surface area contributed by atoms with Gasteiger partial charge in [-0.25, -0.2) is 8.42 Å². The molecule has 2 heterocycles. The van der Waals surface area contributed by atoms with E-state index in [-0.39, 0.29) is 35.4 Å². The van der Waals surface area contributed by atoms with Crippen LogP contribution >= 0.6 is 0 Å². The smallest absolute Gasteiger partial charge is 0.262 e. The Morgan fingerprint density at radius 1 is 0.967 bits per heavy atom. The maximum atomic E-state index is 12.8. The van der Waals surface area contributed by atoms with Gasteiger partial charge >= 0.3 is 0 Å².